The highest BCUT2D eigenvalue weighted by Crippen LogP contribution is 2.23. The van der Waals surface area contributed by atoms with E-state index in [-0.39, 0.29) is 5.91 Å². The van der Waals surface area contributed by atoms with Crippen molar-refractivity contribution in [3.63, 3.8) is 0 Å². The number of hydrogen-bond acceptors (Lipinski definition) is 5. The molecule has 0 aromatic heterocycles. The molecule has 0 aliphatic carbocycles. The van der Waals surface area contributed by atoms with Crippen LogP contribution in [0.2, 0.25) is 0 Å². The van der Waals surface area contributed by atoms with Gasteiger partial charge in [0.05, 0.1) is 27.4 Å². The zero-order valence-corrected chi connectivity index (χ0v) is 16.1. The van der Waals surface area contributed by atoms with Crippen LogP contribution in [0.3, 0.4) is 0 Å². The van der Waals surface area contributed by atoms with E-state index in [2.05, 4.69) is 5.32 Å². The zero-order valence-electron chi connectivity index (χ0n) is 16.1. The van der Waals surface area contributed by atoms with Crippen molar-refractivity contribution < 1.29 is 23.7 Å². The molecule has 146 valence electrons. The summed E-state index contributed by atoms with van der Waals surface area (Å²) in [6.45, 7) is 3.44. The lowest BCUT2D eigenvalue weighted by atomic mass is 10.1. The Kier molecular flexibility index (Phi) is 8.29. The highest BCUT2D eigenvalue weighted by atomic mass is 16.5. The van der Waals surface area contributed by atoms with Gasteiger partial charge in [0.25, 0.3) is 0 Å². The SMILES string of the molecule is CCOc1ccc(OCCNC(=O)CCc2cc(OC)cc(OC)c2)cc1. The summed E-state index contributed by atoms with van der Waals surface area (Å²) >= 11 is 0. The van der Waals surface area contributed by atoms with Crippen LogP contribution < -0.4 is 24.3 Å². The van der Waals surface area contributed by atoms with Crippen molar-refractivity contribution in [3.05, 3.63) is 48.0 Å². The van der Waals surface area contributed by atoms with E-state index < -0.39 is 0 Å². The number of benzene rings is 2. The van der Waals surface area contributed by atoms with Gasteiger partial charge < -0.3 is 24.3 Å². The molecule has 0 unspecified atom stereocenters. The van der Waals surface area contributed by atoms with Crippen molar-refractivity contribution >= 4 is 5.91 Å². The normalized spacial score (nSPS) is 10.2. The second kappa shape index (κ2) is 11.0. The minimum Gasteiger partial charge on any atom is -0.497 e. The second-order valence-electron chi connectivity index (χ2n) is 5.82. The van der Waals surface area contributed by atoms with Crippen molar-refractivity contribution in [2.45, 2.75) is 19.8 Å². The Hall–Kier alpha value is -2.89. The van der Waals surface area contributed by atoms with Crippen LogP contribution in [0.1, 0.15) is 18.9 Å². The fourth-order valence-corrected chi connectivity index (χ4v) is 2.52. The molecule has 6 heteroatoms. The molecule has 2 aromatic carbocycles. The van der Waals surface area contributed by atoms with Crippen LogP contribution >= 0.6 is 0 Å². The first-order chi connectivity index (χ1) is 13.1. The summed E-state index contributed by atoms with van der Waals surface area (Å²) in [7, 11) is 3.21. The average molecular weight is 373 g/mol. The third kappa shape index (κ3) is 7.09. The Labute approximate surface area is 160 Å². The van der Waals surface area contributed by atoms with Gasteiger partial charge in [0.1, 0.15) is 29.6 Å². The molecule has 0 radical (unpaired) electrons. The standard InChI is InChI=1S/C21H27NO5/c1-4-26-17-6-8-18(9-7-17)27-12-11-22-21(23)10-5-16-13-19(24-2)15-20(14-16)25-3/h6-9,13-15H,4-5,10-12H2,1-3H3,(H,22,23). The van der Waals surface area contributed by atoms with Crippen molar-refractivity contribution in [2.75, 3.05) is 34.0 Å². The first-order valence-electron chi connectivity index (χ1n) is 8.99. The molecular weight excluding hydrogens is 346 g/mol. The quantitative estimate of drug-likeness (QED) is 0.613. The van der Waals surface area contributed by atoms with Gasteiger partial charge >= 0.3 is 0 Å². The third-order valence-corrected chi connectivity index (χ3v) is 3.88. The number of amides is 1. The van der Waals surface area contributed by atoms with E-state index in [1.54, 1.807) is 14.2 Å². The van der Waals surface area contributed by atoms with E-state index in [0.29, 0.717) is 44.1 Å². The van der Waals surface area contributed by atoms with E-state index in [0.717, 1.165) is 17.1 Å². The first-order valence-corrected chi connectivity index (χ1v) is 8.99. The number of aryl methyl sites for hydroxylation is 1. The molecule has 6 nitrogen and oxygen atoms in total. The van der Waals surface area contributed by atoms with Gasteiger partial charge in [0.15, 0.2) is 0 Å². The van der Waals surface area contributed by atoms with Crippen molar-refractivity contribution in [1.82, 2.24) is 5.32 Å². The smallest absolute Gasteiger partial charge is 0.220 e. The van der Waals surface area contributed by atoms with Crippen LogP contribution in [0.25, 0.3) is 0 Å². The lowest BCUT2D eigenvalue weighted by Crippen LogP contribution is -2.28. The van der Waals surface area contributed by atoms with E-state index in [1.165, 1.54) is 0 Å². The average Bonchev–Trinajstić information content (AvgIpc) is 2.70. The number of carbonyl (C=O) groups excluding carboxylic acids is 1. The number of carbonyl (C=O) groups is 1. The summed E-state index contributed by atoms with van der Waals surface area (Å²) in [5, 5.41) is 2.86. The Balaban J connectivity index is 1.69. The third-order valence-electron chi connectivity index (χ3n) is 3.88. The highest BCUT2D eigenvalue weighted by molar-refractivity contribution is 5.76. The van der Waals surface area contributed by atoms with Crippen LogP contribution in [-0.4, -0.2) is 39.9 Å². The zero-order chi connectivity index (χ0) is 19.5. The van der Waals surface area contributed by atoms with Crippen LogP contribution in [0.4, 0.5) is 0 Å². The Bertz CT molecular complexity index is 693. The van der Waals surface area contributed by atoms with E-state index >= 15 is 0 Å². The van der Waals surface area contributed by atoms with E-state index in [4.69, 9.17) is 18.9 Å². The summed E-state index contributed by atoms with van der Waals surface area (Å²) in [4.78, 5) is 12.0. The van der Waals surface area contributed by atoms with Gasteiger partial charge in [-0.1, -0.05) is 0 Å². The minimum atomic E-state index is -0.0212. The first kappa shape index (κ1) is 20.4. The highest BCUT2D eigenvalue weighted by Gasteiger charge is 2.06. The van der Waals surface area contributed by atoms with Gasteiger partial charge in [0.2, 0.25) is 5.91 Å². The van der Waals surface area contributed by atoms with Gasteiger partial charge in [-0.15, -0.1) is 0 Å². The summed E-state index contributed by atoms with van der Waals surface area (Å²) in [6, 6.07) is 13.0. The predicted molar refractivity (Wildman–Crippen MR) is 104 cm³/mol. The number of hydrogen-bond donors (Lipinski definition) is 1. The largest absolute Gasteiger partial charge is 0.497 e. The second-order valence-corrected chi connectivity index (χ2v) is 5.82. The summed E-state index contributed by atoms with van der Waals surface area (Å²) in [5.41, 5.74) is 0.993. The molecule has 0 saturated heterocycles. The van der Waals surface area contributed by atoms with Gasteiger partial charge in [-0.3, -0.25) is 4.79 Å². The Morgan fingerprint density at radius 1 is 0.889 bits per heavy atom. The molecule has 2 aromatic rings. The van der Waals surface area contributed by atoms with Crippen molar-refractivity contribution in [2.24, 2.45) is 0 Å². The van der Waals surface area contributed by atoms with Crippen LogP contribution in [-0.2, 0) is 11.2 Å². The monoisotopic (exact) mass is 373 g/mol. The van der Waals surface area contributed by atoms with Crippen LogP contribution in [0.5, 0.6) is 23.0 Å². The maximum absolute atomic E-state index is 12.0. The Morgan fingerprint density at radius 2 is 1.48 bits per heavy atom. The van der Waals surface area contributed by atoms with Crippen LogP contribution in [0.15, 0.2) is 42.5 Å². The van der Waals surface area contributed by atoms with Gasteiger partial charge in [0, 0.05) is 12.5 Å². The maximum atomic E-state index is 12.0. The maximum Gasteiger partial charge on any atom is 0.220 e. The molecule has 0 aliphatic heterocycles. The molecule has 0 spiro atoms. The Morgan fingerprint density at radius 3 is 2.04 bits per heavy atom. The number of methoxy groups -OCH3 is 2. The summed E-state index contributed by atoms with van der Waals surface area (Å²) < 4.78 is 21.5. The fourth-order valence-electron chi connectivity index (χ4n) is 2.52. The van der Waals surface area contributed by atoms with Gasteiger partial charge in [-0.25, -0.2) is 0 Å². The molecule has 1 amide bonds. The lowest BCUT2D eigenvalue weighted by Gasteiger charge is -2.10. The molecule has 0 aliphatic rings. The van der Waals surface area contributed by atoms with Gasteiger partial charge in [-0.05, 0) is 55.3 Å². The van der Waals surface area contributed by atoms with Crippen molar-refractivity contribution in [3.8, 4) is 23.0 Å². The topological polar surface area (TPSA) is 66.0 Å². The summed E-state index contributed by atoms with van der Waals surface area (Å²) in [5.74, 6) is 2.97. The number of nitrogens with one attached hydrogen (secondary N) is 1. The number of ether oxygens (including phenoxy) is 4. The van der Waals surface area contributed by atoms with E-state index in [9.17, 15) is 4.79 Å². The molecule has 27 heavy (non-hydrogen) atoms. The molecule has 0 heterocycles. The minimum absolute atomic E-state index is 0.0212. The molecule has 0 saturated carbocycles. The lowest BCUT2D eigenvalue weighted by molar-refractivity contribution is -0.121. The molecule has 1 N–H and O–H groups in total. The molecule has 0 atom stereocenters. The molecule has 0 bridgehead atoms. The van der Waals surface area contributed by atoms with Gasteiger partial charge in [-0.2, -0.15) is 0 Å². The summed E-state index contributed by atoms with van der Waals surface area (Å²) in [6.07, 6.45) is 0.999. The number of rotatable bonds is 11. The molecule has 0 fully saturated rings. The molecule has 2 rings (SSSR count). The van der Waals surface area contributed by atoms with E-state index in [1.807, 2.05) is 49.4 Å². The van der Waals surface area contributed by atoms with Crippen molar-refractivity contribution in [1.29, 1.82) is 0 Å². The molecular formula is C21H27NO5. The van der Waals surface area contributed by atoms with Crippen LogP contribution in [0, 0.1) is 0 Å². The fraction of sp³-hybridized carbons (Fsp3) is 0.381. The predicted octanol–water partition coefficient (Wildman–Crippen LogP) is 3.23.